The van der Waals surface area contributed by atoms with Gasteiger partial charge in [-0.3, -0.25) is 4.79 Å². The number of carbonyl (C=O) groups is 2. The molecular weight excluding hydrogens is 466 g/mol. The van der Waals surface area contributed by atoms with Gasteiger partial charge in [-0.2, -0.15) is 0 Å². The first-order valence-electron chi connectivity index (χ1n) is 12.7. The summed E-state index contributed by atoms with van der Waals surface area (Å²) in [6, 6.07) is 19.1. The van der Waals surface area contributed by atoms with Crippen molar-refractivity contribution in [3.63, 3.8) is 0 Å². The highest BCUT2D eigenvalue weighted by Gasteiger charge is 2.20. The third kappa shape index (κ3) is 7.67. The van der Waals surface area contributed by atoms with Crippen LogP contribution in [0, 0.1) is 0 Å². The minimum atomic E-state index is -0.953. The van der Waals surface area contributed by atoms with Crippen molar-refractivity contribution >= 4 is 17.4 Å². The number of ketones is 1. The quantitative estimate of drug-likeness (QED) is 0.242. The number of carboxylic acid groups (broad SMARTS) is 1. The number of anilines is 1. The Labute approximate surface area is 219 Å². The third-order valence-corrected chi connectivity index (χ3v) is 6.19. The van der Waals surface area contributed by atoms with Crippen LogP contribution < -0.4 is 10.1 Å². The van der Waals surface area contributed by atoms with Gasteiger partial charge in [0, 0.05) is 30.8 Å². The summed E-state index contributed by atoms with van der Waals surface area (Å²) >= 11 is 0. The van der Waals surface area contributed by atoms with Crippen molar-refractivity contribution in [1.29, 1.82) is 0 Å². The molecule has 0 heterocycles. The number of aliphatic hydroxyl groups is 1. The summed E-state index contributed by atoms with van der Waals surface area (Å²) in [5.41, 5.74) is 6.05. The van der Waals surface area contributed by atoms with E-state index in [-0.39, 0.29) is 23.4 Å². The average Bonchev–Trinajstić information content (AvgIpc) is 2.86. The van der Waals surface area contributed by atoms with Gasteiger partial charge in [-0.15, -0.1) is 0 Å². The van der Waals surface area contributed by atoms with Crippen LogP contribution in [0.15, 0.2) is 60.7 Å². The molecule has 0 saturated carbocycles. The Morgan fingerprint density at radius 1 is 0.892 bits per heavy atom. The van der Waals surface area contributed by atoms with Gasteiger partial charge in [-0.25, -0.2) is 4.79 Å². The average molecular weight is 504 g/mol. The summed E-state index contributed by atoms with van der Waals surface area (Å²) in [6.07, 6.45) is 1.90. The highest BCUT2D eigenvalue weighted by molar-refractivity contribution is 5.88. The molecule has 3 rings (SSSR count). The van der Waals surface area contributed by atoms with Gasteiger partial charge in [0.2, 0.25) is 0 Å². The molecule has 0 atom stereocenters. The fourth-order valence-corrected chi connectivity index (χ4v) is 4.12. The zero-order valence-electron chi connectivity index (χ0n) is 22.1. The van der Waals surface area contributed by atoms with Crippen LogP contribution in [0.2, 0.25) is 0 Å². The van der Waals surface area contributed by atoms with E-state index < -0.39 is 5.97 Å². The van der Waals surface area contributed by atoms with Gasteiger partial charge >= 0.3 is 5.97 Å². The zero-order chi connectivity index (χ0) is 27.0. The van der Waals surface area contributed by atoms with Crippen LogP contribution in [0.3, 0.4) is 0 Å². The molecule has 6 heteroatoms. The Bertz CT molecular complexity index is 1230. The van der Waals surface area contributed by atoms with Crippen molar-refractivity contribution in [2.45, 2.75) is 52.4 Å². The van der Waals surface area contributed by atoms with Gasteiger partial charge in [-0.1, -0.05) is 45.0 Å². The molecule has 0 aliphatic heterocycles. The van der Waals surface area contributed by atoms with E-state index in [0.29, 0.717) is 26.0 Å². The SMILES string of the molecule is CC(=O)CCNc1ccc(-c2cc(-c3ccc(C(=O)O)cc3)ccc2OCCCCO)cc1C(C)(C)C. The first kappa shape index (κ1) is 27.9. The van der Waals surface area contributed by atoms with Crippen molar-refractivity contribution in [2.75, 3.05) is 25.1 Å². The predicted octanol–water partition coefficient (Wildman–Crippen LogP) is 6.56. The van der Waals surface area contributed by atoms with E-state index in [9.17, 15) is 14.7 Å². The molecular formula is C31H37NO5. The van der Waals surface area contributed by atoms with E-state index in [1.807, 2.05) is 24.3 Å². The predicted molar refractivity (Wildman–Crippen MR) is 149 cm³/mol. The van der Waals surface area contributed by atoms with Gasteiger partial charge in [-0.05, 0) is 83.8 Å². The second-order valence-corrected chi connectivity index (χ2v) is 10.3. The minimum absolute atomic E-state index is 0.133. The normalized spacial score (nSPS) is 11.3. The number of unbranched alkanes of at least 4 members (excludes halogenated alkanes) is 1. The lowest BCUT2D eigenvalue weighted by Gasteiger charge is -2.25. The molecule has 3 aromatic rings. The lowest BCUT2D eigenvalue weighted by molar-refractivity contribution is -0.116. The van der Waals surface area contributed by atoms with Crippen LogP contribution in [0.5, 0.6) is 5.75 Å². The maximum atomic E-state index is 11.4. The molecule has 0 unspecified atom stereocenters. The van der Waals surface area contributed by atoms with Crippen LogP contribution in [-0.4, -0.2) is 41.7 Å². The number of nitrogens with one attached hydrogen (secondary N) is 1. The van der Waals surface area contributed by atoms with E-state index in [4.69, 9.17) is 9.84 Å². The number of Topliss-reactive ketones (excluding diaryl/α,β-unsaturated/α-hetero) is 1. The molecule has 0 saturated heterocycles. The Morgan fingerprint density at radius 3 is 2.19 bits per heavy atom. The lowest BCUT2D eigenvalue weighted by atomic mass is 9.83. The molecule has 0 radical (unpaired) electrons. The van der Waals surface area contributed by atoms with Crippen molar-refractivity contribution < 1.29 is 24.5 Å². The number of ether oxygens (including phenoxy) is 1. The Kier molecular flexibility index (Phi) is 9.48. The number of hydrogen-bond acceptors (Lipinski definition) is 5. The number of carbonyl (C=O) groups excluding carboxylic acids is 1. The van der Waals surface area contributed by atoms with Gasteiger partial charge in [0.1, 0.15) is 11.5 Å². The number of hydrogen-bond donors (Lipinski definition) is 3. The van der Waals surface area contributed by atoms with Crippen molar-refractivity contribution in [2.24, 2.45) is 0 Å². The fraction of sp³-hybridized carbons (Fsp3) is 0.355. The van der Waals surface area contributed by atoms with Crippen molar-refractivity contribution in [3.8, 4) is 28.0 Å². The molecule has 3 aromatic carbocycles. The van der Waals surface area contributed by atoms with E-state index in [1.54, 1.807) is 19.1 Å². The van der Waals surface area contributed by atoms with Gasteiger partial charge in [0.05, 0.1) is 12.2 Å². The number of carboxylic acids is 1. The van der Waals surface area contributed by atoms with Crippen molar-refractivity contribution in [1.82, 2.24) is 0 Å². The molecule has 0 spiro atoms. The number of rotatable bonds is 12. The molecule has 0 aromatic heterocycles. The zero-order valence-corrected chi connectivity index (χ0v) is 22.1. The lowest BCUT2D eigenvalue weighted by Crippen LogP contribution is -2.16. The standard InChI is InChI=1S/C31H37NO5/c1-21(34)15-16-32-28-13-11-25(20-27(28)31(2,3)4)26-19-24(12-14-29(26)37-18-6-5-17-33)22-7-9-23(10-8-22)30(35)36/h7-14,19-20,32-33H,5-6,15-18H2,1-4H3,(H,35,36). The van der Waals surface area contributed by atoms with Crippen LogP contribution in [0.4, 0.5) is 5.69 Å². The Hall–Kier alpha value is -3.64. The second-order valence-electron chi connectivity index (χ2n) is 10.3. The van der Waals surface area contributed by atoms with Gasteiger partial charge in [0.25, 0.3) is 0 Å². The maximum Gasteiger partial charge on any atom is 0.335 e. The summed E-state index contributed by atoms with van der Waals surface area (Å²) < 4.78 is 6.14. The monoisotopic (exact) mass is 503 g/mol. The van der Waals surface area contributed by atoms with E-state index >= 15 is 0 Å². The molecule has 0 aliphatic rings. The molecule has 0 amide bonds. The number of benzene rings is 3. The molecule has 0 bridgehead atoms. The third-order valence-electron chi connectivity index (χ3n) is 6.19. The molecule has 3 N–H and O–H groups in total. The highest BCUT2D eigenvalue weighted by Crippen LogP contribution is 2.39. The van der Waals surface area contributed by atoms with E-state index in [2.05, 4.69) is 50.4 Å². The molecule has 6 nitrogen and oxygen atoms in total. The number of aromatic carboxylic acids is 1. The van der Waals surface area contributed by atoms with Crippen molar-refractivity contribution in [3.05, 3.63) is 71.8 Å². The topological polar surface area (TPSA) is 95.9 Å². The highest BCUT2D eigenvalue weighted by atomic mass is 16.5. The van der Waals surface area contributed by atoms with E-state index in [0.717, 1.165) is 45.7 Å². The molecule has 37 heavy (non-hydrogen) atoms. The minimum Gasteiger partial charge on any atom is -0.493 e. The summed E-state index contributed by atoms with van der Waals surface area (Å²) in [7, 11) is 0. The van der Waals surface area contributed by atoms with Crippen LogP contribution in [-0.2, 0) is 10.2 Å². The largest absolute Gasteiger partial charge is 0.493 e. The Balaban J connectivity index is 2.04. The second kappa shape index (κ2) is 12.5. The summed E-state index contributed by atoms with van der Waals surface area (Å²) in [5.74, 6) is -0.0517. The first-order chi connectivity index (χ1) is 17.6. The first-order valence-corrected chi connectivity index (χ1v) is 12.7. The molecule has 0 fully saturated rings. The molecule has 0 aliphatic carbocycles. The smallest absolute Gasteiger partial charge is 0.335 e. The summed E-state index contributed by atoms with van der Waals surface area (Å²) in [5, 5.41) is 21.8. The molecule has 196 valence electrons. The van der Waals surface area contributed by atoms with Gasteiger partial charge < -0.3 is 20.3 Å². The fourth-order valence-electron chi connectivity index (χ4n) is 4.12. The van der Waals surface area contributed by atoms with Crippen LogP contribution in [0.1, 0.15) is 62.9 Å². The van der Waals surface area contributed by atoms with Gasteiger partial charge in [0.15, 0.2) is 0 Å². The van der Waals surface area contributed by atoms with Crippen LogP contribution in [0.25, 0.3) is 22.3 Å². The maximum absolute atomic E-state index is 11.4. The summed E-state index contributed by atoms with van der Waals surface area (Å²) in [4.78, 5) is 22.7. The Morgan fingerprint density at radius 2 is 1.57 bits per heavy atom. The number of aliphatic hydroxyl groups excluding tert-OH is 1. The van der Waals surface area contributed by atoms with E-state index in [1.165, 1.54) is 0 Å². The van der Waals surface area contributed by atoms with Crippen LogP contribution >= 0.6 is 0 Å². The summed E-state index contributed by atoms with van der Waals surface area (Å²) in [6.45, 7) is 9.29.